The van der Waals surface area contributed by atoms with Crippen molar-refractivity contribution in [2.45, 2.75) is 40.2 Å². The van der Waals surface area contributed by atoms with E-state index in [0.717, 1.165) is 49.9 Å². The molecule has 3 rings (SSSR count). The molecule has 1 aliphatic heterocycles. The fraction of sp³-hybridized carbons (Fsp3) is 0.474. The average Bonchev–Trinajstić information content (AvgIpc) is 2.53. The molecule has 4 heteroatoms. The second-order valence-corrected chi connectivity index (χ2v) is 6.71. The normalized spacial score (nSPS) is 14.0. The molecule has 0 radical (unpaired) electrons. The summed E-state index contributed by atoms with van der Waals surface area (Å²) in [6.45, 7) is 9.34. The van der Waals surface area contributed by atoms with Gasteiger partial charge in [-0.2, -0.15) is 0 Å². The topological polar surface area (TPSA) is 41.1 Å². The molecule has 0 saturated carbocycles. The lowest BCUT2D eigenvalue weighted by atomic mass is 10.00. The summed E-state index contributed by atoms with van der Waals surface area (Å²) in [5.41, 5.74) is 2.87. The van der Waals surface area contributed by atoms with Crippen molar-refractivity contribution in [3.05, 3.63) is 47.3 Å². The molecule has 122 valence electrons. The third kappa shape index (κ3) is 4.01. The molecule has 1 aliphatic rings. The van der Waals surface area contributed by atoms with E-state index in [4.69, 9.17) is 0 Å². The number of fused-ring (bicyclic) bond motifs is 1. The number of hydrogen-bond acceptors (Lipinski definition) is 4. The van der Waals surface area contributed by atoms with Crippen molar-refractivity contribution in [2.24, 2.45) is 5.92 Å². The molecular weight excluding hydrogens is 284 g/mol. The van der Waals surface area contributed by atoms with Crippen LogP contribution in [0.1, 0.15) is 37.2 Å². The number of benzene rings is 1. The molecule has 0 saturated heterocycles. The van der Waals surface area contributed by atoms with Crippen LogP contribution in [0.5, 0.6) is 0 Å². The van der Waals surface area contributed by atoms with Gasteiger partial charge in [-0.05, 0) is 36.8 Å². The predicted molar refractivity (Wildman–Crippen MR) is 95.9 cm³/mol. The molecule has 23 heavy (non-hydrogen) atoms. The summed E-state index contributed by atoms with van der Waals surface area (Å²) < 4.78 is 0. The number of anilines is 2. The predicted octanol–water partition coefficient (Wildman–Crippen LogP) is 3.81. The van der Waals surface area contributed by atoms with Crippen LogP contribution in [0.4, 0.5) is 11.6 Å². The lowest BCUT2D eigenvalue weighted by molar-refractivity contribution is 0.606. The molecule has 0 unspecified atom stereocenters. The first kappa shape index (κ1) is 15.8. The van der Waals surface area contributed by atoms with E-state index in [1.54, 1.807) is 0 Å². The lowest BCUT2D eigenvalue weighted by Crippen LogP contribution is -2.31. The van der Waals surface area contributed by atoms with E-state index in [2.05, 4.69) is 64.4 Å². The number of aromatic nitrogens is 2. The molecule has 2 aromatic rings. The smallest absolute Gasteiger partial charge is 0.134 e. The Hall–Kier alpha value is -2.10. The van der Waals surface area contributed by atoms with E-state index in [1.807, 2.05) is 6.92 Å². The molecule has 1 aromatic carbocycles. The van der Waals surface area contributed by atoms with Gasteiger partial charge in [-0.15, -0.1) is 0 Å². The molecule has 1 N–H and O–H groups in total. The van der Waals surface area contributed by atoms with Gasteiger partial charge in [0.05, 0.1) is 0 Å². The van der Waals surface area contributed by atoms with Crippen LogP contribution in [0.2, 0.25) is 0 Å². The second kappa shape index (κ2) is 6.99. The third-order valence-electron chi connectivity index (χ3n) is 4.31. The Morgan fingerprint density at radius 2 is 1.96 bits per heavy atom. The van der Waals surface area contributed by atoms with Crippen molar-refractivity contribution in [2.75, 3.05) is 23.3 Å². The molecule has 0 spiro atoms. The van der Waals surface area contributed by atoms with E-state index in [-0.39, 0.29) is 0 Å². The lowest BCUT2D eigenvalue weighted by Gasteiger charge is -2.30. The quantitative estimate of drug-likeness (QED) is 0.912. The van der Waals surface area contributed by atoms with Crippen LogP contribution in [0.15, 0.2) is 30.3 Å². The van der Waals surface area contributed by atoms with Crippen LogP contribution in [0, 0.1) is 12.8 Å². The summed E-state index contributed by atoms with van der Waals surface area (Å²) in [7, 11) is 0. The Labute approximate surface area is 139 Å². The van der Waals surface area contributed by atoms with Crippen molar-refractivity contribution in [1.29, 1.82) is 0 Å². The zero-order chi connectivity index (χ0) is 16.2. The maximum Gasteiger partial charge on any atom is 0.134 e. The summed E-state index contributed by atoms with van der Waals surface area (Å²) in [6.07, 6.45) is 2.23. The number of nitrogens with zero attached hydrogens (tertiary/aromatic N) is 3. The molecule has 1 aromatic heterocycles. The molecule has 4 nitrogen and oxygen atoms in total. The van der Waals surface area contributed by atoms with Crippen LogP contribution in [-0.4, -0.2) is 23.1 Å². The molecule has 0 fully saturated rings. The van der Waals surface area contributed by atoms with Crippen molar-refractivity contribution in [1.82, 2.24) is 9.97 Å². The van der Waals surface area contributed by atoms with E-state index >= 15 is 0 Å². The van der Waals surface area contributed by atoms with Gasteiger partial charge in [0.25, 0.3) is 0 Å². The molecule has 0 atom stereocenters. The summed E-state index contributed by atoms with van der Waals surface area (Å²) in [6, 6.07) is 10.8. The highest BCUT2D eigenvalue weighted by Gasteiger charge is 2.18. The molecule has 0 bridgehead atoms. The second-order valence-electron chi connectivity index (χ2n) is 6.71. The standard InChI is InChI=1S/C19H26N4/c1-14(2)8-10-20-18-12-19(22-15(3)21-18)23-11-9-16-6-4-5-7-17(16)13-23/h4-7,12,14H,8-11,13H2,1-3H3,(H,20,21,22). The zero-order valence-corrected chi connectivity index (χ0v) is 14.3. The maximum atomic E-state index is 4.65. The van der Waals surface area contributed by atoms with Gasteiger partial charge >= 0.3 is 0 Å². The minimum absolute atomic E-state index is 0.698. The minimum Gasteiger partial charge on any atom is -0.370 e. The van der Waals surface area contributed by atoms with Gasteiger partial charge in [-0.1, -0.05) is 38.1 Å². The number of rotatable bonds is 5. The van der Waals surface area contributed by atoms with Crippen LogP contribution >= 0.6 is 0 Å². The van der Waals surface area contributed by atoms with E-state index in [0.29, 0.717) is 5.92 Å². The average molecular weight is 310 g/mol. The first-order valence-electron chi connectivity index (χ1n) is 8.53. The van der Waals surface area contributed by atoms with Crippen LogP contribution in [0.25, 0.3) is 0 Å². The van der Waals surface area contributed by atoms with Gasteiger partial charge < -0.3 is 10.2 Å². The van der Waals surface area contributed by atoms with E-state index < -0.39 is 0 Å². The van der Waals surface area contributed by atoms with Gasteiger partial charge in [0, 0.05) is 25.7 Å². The van der Waals surface area contributed by atoms with Gasteiger partial charge in [0.15, 0.2) is 0 Å². The van der Waals surface area contributed by atoms with Gasteiger partial charge in [-0.25, -0.2) is 9.97 Å². The monoisotopic (exact) mass is 310 g/mol. The summed E-state index contributed by atoms with van der Waals surface area (Å²) in [5.74, 6) is 3.49. The van der Waals surface area contributed by atoms with Gasteiger partial charge in [0.1, 0.15) is 17.5 Å². The third-order valence-corrected chi connectivity index (χ3v) is 4.31. The number of nitrogens with one attached hydrogen (secondary N) is 1. The Morgan fingerprint density at radius 1 is 1.17 bits per heavy atom. The van der Waals surface area contributed by atoms with Crippen molar-refractivity contribution in [3.63, 3.8) is 0 Å². The molecule has 0 aliphatic carbocycles. The van der Waals surface area contributed by atoms with Crippen molar-refractivity contribution in [3.8, 4) is 0 Å². The largest absolute Gasteiger partial charge is 0.370 e. The van der Waals surface area contributed by atoms with Crippen LogP contribution in [-0.2, 0) is 13.0 Å². The summed E-state index contributed by atoms with van der Waals surface area (Å²) in [5, 5.41) is 3.44. The molecular formula is C19H26N4. The van der Waals surface area contributed by atoms with Crippen LogP contribution in [0.3, 0.4) is 0 Å². The highest BCUT2D eigenvalue weighted by atomic mass is 15.2. The first-order chi connectivity index (χ1) is 11.1. The number of aryl methyl sites for hydroxylation is 1. The van der Waals surface area contributed by atoms with E-state index in [1.165, 1.54) is 11.1 Å². The van der Waals surface area contributed by atoms with Crippen LogP contribution < -0.4 is 10.2 Å². The molecule has 2 heterocycles. The van der Waals surface area contributed by atoms with E-state index in [9.17, 15) is 0 Å². The Kier molecular flexibility index (Phi) is 4.79. The van der Waals surface area contributed by atoms with Gasteiger partial charge in [0.2, 0.25) is 0 Å². The fourth-order valence-corrected chi connectivity index (χ4v) is 2.98. The minimum atomic E-state index is 0.698. The highest BCUT2D eigenvalue weighted by Crippen LogP contribution is 2.24. The Bertz CT molecular complexity index is 666. The summed E-state index contributed by atoms with van der Waals surface area (Å²) in [4.78, 5) is 11.5. The fourth-order valence-electron chi connectivity index (χ4n) is 2.98. The summed E-state index contributed by atoms with van der Waals surface area (Å²) >= 11 is 0. The Morgan fingerprint density at radius 3 is 2.74 bits per heavy atom. The molecule has 0 amide bonds. The first-order valence-corrected chi connectivity index (χ1v) is 8.53. The Balaban J connectivity index is 1.74. The highest BCUT2D eigenvalue weighted by molar-refractivity contribution is 5.51. The van der Waals surface area contributed by atoms with Gasteiger partial charge in [-0.3, -0.25) is 0 Å². The maximum absolute atomic E-state index is 4.65. The van der Waals surface area contributed by atoms with Crippen molar-refractivity contribution < 1.29 is 0 Å². The van der Waals surface area contributed by atoms with Crippen molar-refractivity contribution >= 4 is 11.6 Å². The number of hydrogen-bond donors (Lipinski definition) is 1. The SMILES string of the molecule is Cc1nc(NCCC(C)C)cc(N2CCc3ccccc3C2)n1. The zero-order valence-electron chi connectivity index (χ0n) is 14.3.